The SMILES string of the molecule is Cc1nonc1CC(=O)N[C@H](Cc1cccs1)c1ccccn1. The van der Waals surface area contributed by atoms with Gasteiger partial charge in [-0.15, -0.1) is 11.3 Å². The Labute approximate surface area is 137 Å². The average Bonchev–Trinajstić information content (AvgIpc) is 3.20. The number of thiophene rings is 1. The van der Waals surface area contributed by atoms with E-state index in [4.69, 9.17) is 0 Å². The summed E-state index contributed by atoms with van der Waals surface area (Å²) in [6, 6.07) is 9.57. The highest BCUT2D eigenvalue weighted by molar-refractivity contribution is 7.09. The van der Waals surface area contributed by atoms with Gasteiger partial charge < -0.3 is 5.32 Å². The second-order valence-corrected chi connectivity index (χ2v) is 6.16. The summed E-state index contributed by atoms with van der Waals surface area (Å²) < 4.78 is 4.63. The van der Waals surface area contributed by atoms with Crippen LogP contribution in [0.15, 0.2) is 46.5 Å². The van der Waals surface area contributed by atoms with E-state index in [1.165, 1.54) is 4.88 Å². The standard InChI is InChI=1S/C16H16N4O2S/c1-11-14(20-22-19-11)10-16(21)18-15(9-12-5-4-8-23-12)13-6-2-3-7-17-13/h2-8,15H,9-10H2,1H3,(H,18,21)/t15-/m1/s1. The molecular formula is C16H16N4O2S. The predicted octanol–water partition coefficient (Wildman–Crippen LogP) is 2.48. The highest BCUT2D eigenvalue weighted by Crippen LogP contribution is 2.20. The van der Waals surface area contributed by atoms with Gasteiger partial charge in [0.1, 0.15) is 11.4 Å². The lowest BCUT2D eigenvalue weighted by Crippen LogP contribution is -2.31. The van der Waals surface area contributed by atoms with Crippen LogP contribution in [0.2, 0.25) is 0 Å². The number of aromatic nitrogens is 3. The van der Waals surface area contributed by atoms with Crippen molar-refractivity contribution >= 4 is 17.2 Å². The molecule has 3 heterocycles. The lowest BCUT2D eigenvalue weighted by Gasteiger charge is -2.17. The van der Waals surface area contributed by atoms with Crippen LogP contribution in [0.4, 0.5) is 0 Å². The van der Waals surface area contributed by atoms with Gasteiger partial charge in [0.15, 0.2) is 0 Å². The van der Waals surface area contributed by atoms with E-state index in [-0.39, 0.29) is 18.4 Å². The minimum atomic E-state index is -0.178. The predicted molar refractivity (Wildman–Crippen MR) is 85.9 cm³/mol. The van der Waals surface area contributed by atoms with E-state index in [1.54, 1.807) is 24.5 Å². The normalized spacial score (nSPS) is 12.0. The molecule has 0 aliphatic rings. The van der Waals surface area contributed by atoms with Crippen molar-refractivity contribution in [3.05, 3.63) is 63.9 Å². The Morgan fingerprint density at radius 2 is 2.22 bits per heavy atom. The van der Waals surface area contributed by atoms with Crippen molar-refractivity contribution in [3.63, 3.8) is 0 Å². The molecule has 0 aliphatic carbocycles. The molecule has 0 aromatic carbocycles. The molecule has 0 spiro atoms. The number of pyridine rings is 1. The van der Waals surface area contributed by atoms with Gasteiger partial charge in [-0.3, -0.25) is 9.78 Å². The molecular weight excluding hydrogens is 312 g/mol. The lowest BCUT2D eigenvalue weighted by molar-refractivity contribution is -0.121. The zero-order chi connectivity index (χ0) is 16.1. The third kappa shape index (κ3) is 4.01. The third-order valence-corrected chi connectivity index (χ3v) is 4.34. The van der Waals surface area contributed by atoms with Gasteiger partial charge in [-0.1, -0.05) is 22.4 Å². The molecule has 3 aromatic heterocycles. The fraction of sp³-hybridized carbons (Fsp3) is 0.250. The third-order valence-electron chi connectivity index (χ3n) is 3.44. The first kappa shape index (κ1) is 15.4. The molecule has 6 nitrogen and oxygen atoms in total. The Balaban J connectivity index is 1.73. The number of carbonyl (C=O) groups excluding carboxylic acids is 1. The van der Waals surface area contributed by atoms with Gasteiger partial charge in [0, 0.05) is 17.5 Å². The first-order valence-electron chi connectivity index (χ1n) is 7.23. The average molecular weight is 328 g/mol. The fourth-order valence-electron chi connectivity index (χ4n) is 2.25. The number of nitrogens with zero attached hydrogens (tertiary/aromatic N) is 3. The van der Waals surface area contributed by atoms with Crippen LogP contribution in [-0.4, -0.2) is 21.2 Å². The lowest BCUT2D eigenvalue weighted by atomic mass is 10.1. The zero-order valence-corrected chi connectivity index (χ0v) is 13.4. The topological polar surface area (TPSA) is 80.9 Å². The van der Waals surface area contributed by atoms with Crippen LogP contribution in [0.5, 0.6) is 0 Å². The Kier molecular flexibility index (Phi) is 4.77. The van der Waals surface area contributed by atoms with Crippen molar-refractivity contribution in [2.24, 2.45) is 0 Å². The van der Waals surface area contributed by atoms with Crippen LogP contribution < -0.4 is 5.32 Å². The fourth-order valence-corrected chi connectivity index (χ4v) is 3.00. The Morgan fingerprint density at radius 3 is 2.87 bits per heavy atom. The molecule has 118 valence electrons. The molecule has 23 heavy (non-hydrogen) atoms. The maximum absolute atomic E-state index is 12.3. The molecule has 0 bridgehead atoms. The van der Waals surface area contributed by atoms with E-state index in [0.29, 0.717) is 17.8 Å². The van der Waals surface area contributed by atoms with Crippen LogP contribution in [-0.2, 0) is 17.6 Å². The van der Waals surface area contributed by atoms with Gasteiger partial charge in [0.05, 0.1) is 18.2 Å². The van der Waals surface area contributed by atoms with Gasteiger partial charge >= 0.3 is 0 Å². The van der Waals surface area contributed by atoms with Gasteiger partial charge in [-0.05, 0) is 30.5 Å². The molecule has 7 heteroatoms. The summed E-state index contributed by atoms with van der Waals surface area (Å²) in [5.74, 6) is -0.129. The van der Waals surface area contributed by atoms with E-state index in [0.717, 1.165) is 5.69 Å². The minimum absolute atomic E-state index is 0.129. The molecule has 0 fully saturated rings. The van der Waals surface area contributed by atoms with E-state index < -0.39 is 0 Å². The summed E-state index contributed by atoms with van der Waals surface area (Å²) in [6.45, 7) is 1.76. The van der Waals surface area contributed by atoms with Crippen molar-refractivity contribution in [1.82, 2.24) is 20.6 Å². The summed E-state index contributed by atoms with van der Waals surface area (Å²) in [4.78, 5) is 17.9. The molecule has 0 unspecified atom stereocenters. The Bertz CT molecular complexity index is 756. The number of nitrogens with one attached hydrogen (secondary N) is 1. The van der Waals surface area contributed by atoms with Gasteiger partial charge in [0.2, 0.25) is 5.91 Å². The summed E-state index contributed by atoms with van der Waals surface area (Å²) in [5, 5.41) is 12.5. The van der Waals surface area contributed by atoms with E-state index in [2.05, 4.69) is 31.3 Å². The van der Waals surface area contributed by atoms with E-state index >= 15 is 0 Å². The van der Waals surface area contributed by atoms with E-state index in [9.17, 15) is 4.79 Å². The van der Waals surface area contributed by atoms with Crippen LogP contribution in [0.3, 0.4) is 0 Å². The maximum atomic E-state index is 12.3. The highest BCUT2D eigenvalue weighted by atomic mass is 32.1. The van der Waals surface area contributed by atoms with Crippen molar-refractivity contribution in [2.75, 3.05) is 0 Å². The summed E-state index contributed by atoms with van der Waals surface area (Å²) >= 11 is 1.66. The molecule has 3 rings (SSSR count). The molecule has 0 radical (unpaired) electrons. The number of hydrogen-bond acceptors (Lipinski definition) is 6. The second kappa shape index (κ2) is 7.15. The monoisotopic (exact) mass is 328 g/mol. The molecule has 1 amide bonds. The van der Waals surface area contributed by atoms with Gasteiger partial charge in [-0.25, -0.2) is 4.63 Å². The number of rotatable bonds is 6. The number of carbonyl (C=O) groups is 1. The molecule has 3 aromatic rings. The van der Waals surface area contributed by atoms with Crippen LogP contribution in [0.25, 0.3) is 0 Å². The van der Waals surface area contributed by atoms with Gasteiger partial charge in [0.25, 0.3) is 0 Å². The van der Waals surface area contributed by atoms with Gasteiger partial charge in [-0.2, -0.15) is 0 Å². The van der Waals surface area contributed by atoms with Crippen molar-refractivity contribution in [1.29, 1.82) is 0 Å². The van der Waals surface area contributed by atoms with Crippen LogP contribution >= 0.6 is 11.3 Å². The van der Waals surface area contributed by atoms with Crippen molar-refractivity contribution in [3.8, 4) is 0 Å². The number of aryl methyl sites for hydroxylation is 1. The Morgan fingerprint density at radius 1 is 1.30 bits per heavy atom. The molecule has 0 saturated heterocycles. The number of amides is 1. The van der Waals surface area contributed by atoms with Crippen LogP contribution in [0, 0.1) is 6.92 Å². The first-order chi connectivity index (χ1) is 11.2. The van der Waals surface area contributed by atoms with Crippen LogP contribution in [0.1, 0.15) is 28.0 Å². The molecule has 0 saturated carbocycles. The molecule has 1 atom stereocenters. The quantitative estimate of drug-likeness (QED) is 0.752. The summed E-state index contributed by atoms with van der Waals surface area (Å²) in [6.07, 6.45) is 2.58. The summed E-state index contributed by atoms with van der Waals surface area (Å²) in [5.41, 5.74) is 2.02. The largest absolute Gasteiger partial charge is 0.347 e. The molecule has 1 N–H and O–H groups in total. The molecule has 0 aliphatic heterocycles. The minimum Gasteiger partial charge on any atom is -0.347 e. The zero-order valence-electron chi connectivity index (χ0n) is 12.6. The first-order valence-corrected chi connectivity index (χ1v) is 8.11. The summed E-state index contributed by atoms with van der Waals surface area (Å²) in [7, 11) is 0. The second-order valence-electron chi connectivity index (χ2n) is 5.13. The smallest absolute Gasteiger partial charge is 0.226 e. The maximum Gasteiger partial charge on any atom is 0.226 e. The van der Waals surface area contributed by atoms with E-state index in [1.807, 2.05) is 29.6 Å². The van der Waals surface area contributed by atoms with Crippen molar-refractivity contribution < 1.29 is 9.42 Å². The van der Waals surface area contributed by atoms with Crippen molar-refractivity contribution in [2.45, 2.75) is 25.8 Å². The number of hydrogen-bond donors (Lipinski definition) is 1. The Hall–Kier alpha value is -2.54. The highest BCUT2D eigenvalue weighted by Gasteiger charge is 2.19.